The van der Waals surface area contributed by atoms with Crippen LogP contribution in [0, 0.1) is 4.91 Å². The van der Waals surface area contributed by atoms with E-state index in [2.05, 4.69) is 9.68 Å². The maximum absolute atomic E-state index is 9.65. The van der Waals surface area contributed by atoms with Gasteiger partial charge in [0.2, 0.25) is 0 Å². The molecule has 0 unspecified atom stereocenters. The van der Waals surface area contributed by atoms with Gasteiger partial charge in [-0.2, -0.15) is 9.68 Å². The van der Waals surface area contributed by atoms with Crippen molar-refractivity contribution in [1.29, 1.82) is 0 Å². The van der Waals surface area contributed by atoms with Crippen LogP contribution in [0.2, 0.25) is 0 Å². The first-order chi connectivity index (χ1) is 2.81. The van der Waals surface area contributed by atoms with Crippen molar-refractivity contribution in [1.82, 2.24) is 0 Å². The van der Waals surface area contributed by atoms with Gasteiger partial charge in [-0.25, -0.2) is 0 Å². The maximum atomic E-state index is 9.65. The van der Waals surface area contributed by atoms with Crippen LogP contribution in [0.5, 0.6) is 0 Å². The molecule has 0 N–H and O–H groups in total. The van der Waals surface area contributed by atoms with Gasteiger partial charge in [0.05, 0.1) is 0 Å². The molecule has 45 valence electrons. The monoisotopic (exact) mass is 151 g/mol. The SMILES string of the molecule is CO[N+](=O)OC.[Co]. The fraction of sp³-hybridized carbons (Fsp3) is 1.00. The van der Waals surface area contributed by atoms with E-state index in [9.17, 15) is 4.91 Å². The fourth-order valence-corrected chi connectivity index (χ4v) is 0.0745. The summed E-state index contributed by atoms with van der Waals surface area (Å²) in [6.07, 6.45) is 0. The summed E-state index contributed by atoms with van der Waals surface area (Å²) < 4.78 is 0. The molecule has 5 heteroatoms. The molecular weight excluding hydrogens is 145 g/mol. The number of rotatable bonds is 2. The van der Waals surface area contributed by atoms with Crippen LogP contribution in [0.3, 0.4) is 0 Å². The predicted molar refractivity (Wildman–Crippen MR) is 17.6 cm³/mol. The minimum absolute atomic E-state index is 0. The van der Waals surface area contributed by atoms with E-state index in [1.807, 2.05) is 0 Å². The van der Waals surface area contributed by atoms with E-state index in [0.29, 0.717) is 0 Å². The Bertz CT molecular complexity index is 50.9. The molecule has 0 heterocycles. The first kappa shape index (κ1) is 9.86. The second kappa shape index (κ2) is 5.71. The zero-order chi connectivity index (χ0) is 4.99. The molecule has 4 nitrogen and oxygen atoms in total. The summed E-state index contributed by atoms with van der Waals surface area (Å²) in [4.78, 5) is 17.6. The van der Waals surface area contributed by atoms with E-state index in [-0.39, 0.29) is 21.9 Å². The molecule has 0 fully saturated rings. The number of nitrogens with zero attached hydrogens (tertiary/aromatic N) is 1. The molecule has 1 radical (unpaired) electrons. The third-order valence-electron chi connectivity index (χ3n) is 0.298. The van der Waals surface area contributed by atoms with Gasteiger partial charge >= 0.3 is 5.09 Å². The molecule has 7 heavy (non-hydrogen) atoms. The molecule has 0 saturated carbocycles. The Morgan fingerprint density at radius 3 is 1.57 bits per heavy atom. The third kappa shape index (κ3) is 5.71. The quantitative estimate of drug-likeness (QED) is 0.516. The summed E-state index contributed by atoms with van der Waals surface area (Å²) in [6, 6.07) is 0. The Hall–Kier alpha value is -0.294. The van der Waals surface area contributed by atoms with Gasteiger partial charge in [0.25, 0.3) is 0 Å². The average molecular weight is 151 g/mol. The summed E-state index contributed by atoms with van der Waals surface area (Å²) in [6.45, 7) is 0. The van der Waals surface area contributed by atoms with Crippen LogP contribution in [-0.4, -0.2) is 19.3 Å². The summed E-state index contributed by atoms with van der Waals surface area (Å²) in [5.41, 5.74) is 0. The minimum Gasteiger partial charge on any atom is -0.190 e. The smallest absolute Gasteiger partial charge is 0.190 e. The molecule has 0 atom stereocenters. The summed E-state index contributed by atoms with van der Waals surface area (Å²) >= 11 is 0. The first-order valence-corrected chi connectivity index (χ1v) is 1.36. The zero-order valence-corrected chi connectivity index (χ0v) is 5.05. The van der Waals surface area contributed by atoms with Gasteiger partial charge in [-0.15, -0.1) is 0 Å². The number of hydrogen-bond acceptors (Lipinski definition) is 3. The molecule has 0 aromatic heterocycles. The van der Waals surface area contributed by atoms with E-state index in [1.165, 1.54) is 14.2 Å². The minimum atomic E-state index is 0. The molecule has 0 amide bonds. The predicted octanol–water partition coefficient (Wildman–Crippen LogP) is -0.114. The van der Waals surface area contributed by atoms with Crippen molar-refractivity contribution >= 4 is 0 Å². The zero-order valence-electron chi connectivity index (χ0n) is 4.01. The molecule has 0 aliphatic heterocycles. The summed E-state index contributed by atoms with van der Waals surface area (Å²) in [5, 5.41) is 0. The van der Waals surface area contributed by atoms with E-state index in [0.717, 1.165) is 0 Å². The van der Waals surface area contributed by atoms with Crippen LogP contribution in [0.4, 0.5) is 0 Å². The van der Waals surface area contributed by atoms with Crippen molar-refractivity contribution in [3.63, 3.8) is 0 Å². The average Bonchev–Trinajstić information content (AvgIpc) is 1.65. The van der Waals surface area contributed by atoms with Crippen molar-refractivity contribution < 1.29 is 31.5 Å². The molecule has 0 rings (SSSR count). The Morgan fingerprint density at radius 2 is 1.57 bits per heavy atom. The van der Waals surface area contributed by atoms with Crippen LogP contribution in [0.15, 0.2) is 0 Å². The molecule has 0 aromatic rings. The van der Waals surface area contributed by atoms with Crippen molar-refractivity contribution in [2.24, 2.45) is 0 Å². The van der Waals surface area contributed by atoms with Gasteiger partial charge in [0.15, 0.2) is 14.2 Å². The topological polar surface area (TPSA) is 38.5 Å². The van der Waals surface area contributed by atoms with Gasteiger partial charge < -0.3 is 0 Å². The van der Waals surface area contributed by atoms with Crippen LogP contribution < -0.4 is 0 Å². The molecule has 0 spiro atoms. The summed E-state index contributed by atoms with van der Waals surface area (Å²) in [7, 11) is 2.44. The van der Waals surface area contributed by atoms with E-state index < -0.39 is 0 Å². The molecule has 0 aliphatic carbocycles. The molecule has 0 aliphatic rings. The van der Waals surface area contributed by atoms with Crippen LogP contribution in [0.1, 0.15) is 0 Å². The standard InChI is InChI=1S/C2H6NO3.Co/c1-5-3(4)6-2;/h1-2H3;/q+1;. The Labute approximate surface area is 51.5 Å². The fourth-order valence-electron chi connectivity index (χ4n) is 0.0745. The Kier molecular flexibility index (Phi) is 8.04. The second-order valence-corrected chi connectivity index (χ2v) is 0.589. The van der Waals surface area contributed by atoms with Gasteiger partial charge in [0, 0.05) is 16.8 Å². The second-order valence-electron chi connectivity index (χ2n) is 0.589. The van der Waals surface area contributed by atoms with Crippen molar-refractivity contribution in [2.75, 3.05) is 14.2 Å². The van der Waals surface area contributed by atoms with E-state index >= 15 is 0 Å². The van der Waals surface area contributed by atoms with Crippen molar-refractivity contribution in [2.45, 2.75) is 0 Å². The summed E-state index contributed by atoms with van der Waals surface area (Å²) in [5.74, 6) is 0. The van der Waals surface area contributed by atoms with Crippen molar-refractivity contribution in [3.8, 4) is 0 Å². The van der Waals surface area contributed by atoms with Gasteiger partial charge in [-0.05, 0) is 0 Å². The Balaban J connectivity index is 0. The van der Waals surface area contributed by atoms with Gasteiger partial charge in [-0.3, -0.25) is 0 Å². The van der Waals surface area contributed by atoms with Crippen LogP contribution in [0.25, 0.3) is 0 Å². The number of hydrogen-bond donors (Lipinski definition) is 0. The van der Waals surface area contributed by atoms with Crippen molar-refractivity contribution in [3.05, 3.63) is 4.91 Å². The van der Waals surface area contributed by atoms with Crippen LogP contribution >= 0.6 is 0 Å². The van der Waals surface area contributed by atoms with Gasteiger partial charge in [0.1, 0.15) is 4.91 Å². The molecule has 0 aromatic carbocycles. The van der Waals surface area contributed by atoms with Gasteiger partial charge in [-0.1, -0.05) is 0 Å². The molecule has 0 saturated heterocycles. The Morgan fingerprint density at radius 1 is 1.29 bits per heavy atom. The molecule has 0 bridgehead atoms. The third-order valence-corrected chi connectivity index (χ3v) is 0.298. The maximum Gasteiger partial charge on any atom is 0.476 e. The normalized spacial score (nSPS) is 6.00. The largest absolute Gasteiger partial charge is 0.476 e. The first-order valence-electron chi connectivity index (χ1n) is 1.36. The van der Waals surface area contributed by atoms with Crippen LogP contribution in [-0.2, 0) is 26.5 Å². The van der Waals surface area contributed by atoms with E-state index in [1.54, 1.807) is 0 Å². The van der Waals surface area contributed by atoms with E-state index in [4.69, 9.17) is 0 Å². The molecular formula is C2H6CoNO3+.